The molecule has 1 aliphatic heterocycles. The number of aliphatic hydroxyl groups is 2. The van der Waals surface area contributed by atoms with Gasteiger partial charge in [0.15, 0.2) is 0 Å². The lowest BCUT2D eigenvalue weighted by atomic mass is 9.90. The lowest BCUT2D eigenvalue weighted by Crippen LogP contribution is -2.41. The number of rotatable bonds is 12. The molecule has 3 rings (SSSR count). The molecule has 0 amide bonds. The van der Waals surface area contributed by atoms with Crippen molar-refractivity contribution in [3.63, 3.8) is 0 Å². The van der Waals surface area contributed by atoms with E-state index >= 15 is 0 Å². The van der Waals surface area contributed by atoms with E-state index in [0.717, 1.165) is 38.5 Å². The Morgan fingerprint density at radius 2 is 2.03 bits per heavy atom. The maximum Gasteiger partial charge on any atom is 0.309 e. The Kier molecular flexibility index (Phi) is 9.40. The van der Waals surface area contributed by atoms with Gasteiger partial charge < -0.3 is 29.7 Å². The van der Waals surface area contributed by atoms with Gasteiger partial charge in [0, 0.05) is 48.3 Å². The van der Waals surface area contributed by atoms with E-state index in [1.54, 1.807) is 10.6 Å². The van der Waals surface area contributed by atoms with Gasteiger partial charge in [-0.1, -0.05) is 13.8 Å². The summed E-state index contributed by atoms with van der Waals surface area (Å²) in [6.07, 6.45) is 0.752. The van der Waals surface area contributed by atoms with Crippen LogP contribution in [0.2, 0.25) is 0 Å². The number of carbonyl (C=O) groups is 1. The summed E-state index contributed by atoms with van der Waals surface area (Å²) >= 11 is 0. The maximum absolute atomic E-state index is 14.4. The van der Waals surface area contributed by atoms with Crippen LogP contribution in [0, 0.1) is 21.8 Å². The average molecular weight is 509 g/mol. The first-order valence-electron chi connectivity index (χ1n) is 12.4. The third-order valence-corrected chi connectivity index (χ3v) is 6.84. The van der Waals surface area contributed by atoms with Crippen LogP contribution < -0.4 is 5.32 Å². The number of carbonyl (C=O) groups excluding carboxylic acids is 1. The molecule has 0 spiro atoms. The highest BCUT2D eigenvalue weighted by Gasteiger charge is 2.28. The molecule has 1 fully saturated rings. The van der Waals surface area contributed by atoms with Crippen molar-refractivity contribution in [2.24, 2.45) is 5.92 Å². The number of halogens is 1. The van der Waals surface area contributed by atoms with Crippen LogP contribution in [0.25, 0.3) is 10.9 Å². The van der Waals surface area contributed by atoms with Crippen LogP contribution in [0.3, 0.4) is 0 Å². The highest BCUT2D eigenvalue weighted by atomic mass is 19.1. The molecule has 0 radical (unpaired) electrons. The third-order valence-electron chi connectivity index (χ3n) is 6.84. The minimum Gasteiger partial charge on any atom is -0.466 e. The molecule has 3 N–H and O–H groups in total. The molecule has 0 aliphatic carbocycles. The summed E-state index contributed by atoms with van der Waals surface area (Å²) in [4.78, 5) is 24.6. The van der Waals surface area contributed by atoms with Crippen molar-refractivity contribution < 1.29 is 29.1 Å². The average Bonchev–Trinajstić information content (AvgIpc) is 3.19. The van der Waals surface area contributed by atoms with E-state index in [9.17, 15) is 29.5 Å². The second-order valence-electron chi connectivity index (χ2n) is 10.0. The maximum atomic E-state index is 14.4. The van der Waals surface area contributed by atoms with Crippen LogP contribution in [0.4, 0.5) is 10.1 Å². The number of aromatic nitrogens is 1. The summed E-state index contributed by atoms with van der Waals surface area (Å²) in [6.45, 7) is 9.18. The first kappa shape index (κ1) is 28.0. The number of hydrogen-bond acceptors (Lipinski definition) is 8. The molecular weight excluding hydrogens is 471 g/mol. The number of aliphatic hydroxyl groups excluding tert-OH is 2. The van der Waals surface area contributed by atoms with Crippen molar-refractivity contribution in [3.05, 3.63) is 39.8 Å². The van der Waals surface area contributed by atoms with Gasteiger partial charge in [-0.05, 0) is 38.9 Å². The molecule has 2 heterocycles. The molecule has 36 heavy (non-hydrogen) atoms. The highest BCUT2D eigenvalue weighted by molar-refractivity contribution is 5.84. The molecule has 2 aromatic rings. The van der Waals surface area contributed by atoms with Gasteiger partial charge in [0.05, 0.1) is 42.2 Å². The predicted molar refractivity (Wildman–Crippen MR) is 133 cm³/mol. The molecule has 1 saturated heterocycles. The van der Waals surface area contributed by atoms with E-state index in [4.69, 9.17) is 4.74 Å². The molecule has 200 valence electrons. The first-order chi connectivity index (χ1) is 17.1. The van der Waals surface area contributed by atoms with E-state index in [1.165, 1.54) is 6.07 Å². The van der Waals surface area contributed by atoms with Gasteiger partial charge >= 0.3 is 11.7 Å². The van der Waals surface area contributed by atoms with Gasteiger partial charge in [-0.25, -0.2) is 0 Å². The van der Waals surface area contributed by atoms with E-state index in [0.29, 0.717) is 36.3 Å². The summed E-state index contributed by atoms with van der Waals surface area (Å²) in [5, 5.41) is 35.5. The Morgan fingerprint density at radius 1 is 1.33 bits per heavy atom. The summed E-state index contributed by atoms with van der Waals surface area (Å²) in [6, 6.07) is 4.01. The fourth-order valence-corrected chi connectivity index (χ4v) is 4.68. The number of fused-ring (bicyclic) bond motifs is 1. The molecule has 10 nitrogen and oxygen atoms in total. The van der Waals surface area contributed by atoms with Gasteiger partial charge in [-0.2, -0.15) is 4.39 Å². The van der Waals surface area contributed by atoms with Crippen LogP contribution in [0.5, 0.6) is 0 Å². The van der Waals surface area contributed by atoms with E-state index in [-0.39, 0.29) is 25.0 Å². The molecule has 1 aromatic carbocycles. The number of hydrogen-bond donors (Lipinski definition) is 3. The number of nitrogens with one attached hydrogen (secondary N) is 1. The van der Waals surface area contributed by atoms with Gasteiger partial charge in [0.25, 0.3) is 0 Å². The number of likely N-dealkylation sites (tertiary alicyclic amines) is 1. The standard InChI is InChI=1S/C25H37FN4O6/c1-4-36-24(33)17-5-8-28(9-6-17)10-7-27-14-19(32)15-29-21-13-20(26)22(30(34)35)11-18(21)12-23(29)25(2,3)16-31/h11-13,17,19,27,31-32H,4-10,14-16H2,1-3H3. The Morgan fingerprint density at radius 3 is 2.64 bits per heavy atom. The second kappa shape index (κ2) is 12.1. The SMILES string of the molecule is CCOC(=O)C1CCN(CCNCC(O)Cn2c(C(C)(C)CO)cc3cc([N+](=O)[O-])c(F)cc32)CC1. The van der Waals surface area contributed by atoms with Crippen molar-refractivity contribution in [1.82, 2.24) is 14.8 Å². The third kappa shape index (κ3) is 6.58. The molecule has 1 aromatic heterocycles. The van der Waals surface area contributed by atoms with Gasteiger partial charge in [0.1, 0.15) is 0 Å². The second-order valence-corrected chi connectivity index (χ2v) is 10.0. The van der Waals surface area contributed by atoms with Crippen LogP contribution in [0.15, 0.2) is 18.2 Å². The quantitative estimate of drug-likeness (QED) is 0.172. The summed E-state index contributed by atoms with van der Waals surface area (Å²) in [5.41, 5.74) is -0.226. The van der Waals surface area contributed by atoms with Crippen molar-refractivity contribution in [1.29, 1.82) is 0 Å². The summed E-state index contributed by atoms with van der Waals surface area (Å²) in [5.74, 6) is -1.09. The number of benzene rings is 1. The van der Waals surface area contributed by atoms with Crippen LogP contribution in [-0.4, -0.2) is 82.6 Å². The molecular formula is C25H37FN4O6. The number of ether oxygens (including phenoxy) is 1. The van der Waals surface area contributed by atoms with Crippen molar-refractivity contribution in [3.8, 4) is 0 Å². The van der Waals surface area contributed by atoms with Crippen molar-refractivity contribution in [2.75, 3.05) is 45.9 Å². The first-order valence-corrected chi connectivity index (χ1v) is 12.4. The number of nitrogens with zero attached hydrogens (tertiary/aromatic N) is 3. The molecule has 1 atom stereocenters. The van der Waals surface area contributed by atoms with Gasteiger partial charge in [-0.3, -0.25) is 14.9 Å². The molecule has 0 bridgehead atoms. The summed E-state index contributed by atoms with van der Waals surface area (Å²) in [7, 11) is 0. The fraction of sp³-hybridized carbons (Fsp3) is 0.640. The predicted octanol–water partition coefficient (Wildman–Crippen LogP) is 2.18. The van der Waals surface area contributed by atoms with Crippen molar-refractivity contribution >= 4 is 22.6 Å². The summed E-state index contributed by atoms with van der Waals surface area (Å²) < 4.78 is 21.2. The van der Waals surface area contributed by atoms with Crippen LogP contribution >= 0.6 is 0 Å². The lowest BCUT2D eigenvalue weighted by molar-refractivity contribution is -0.387. The van der Waals surface area contributed by atoms with Crippen LogP contribution in [0.1, 0.15) is 39.3 Å². The smallest absolute Gasteiger partial charge is 0.309 e. The van der Waals surface area contributed by atoms with Gasteiger partial charge in [-0.15, -0.1) is 0 Å². The minimum atomic E-state index is -0.945. The Bertz CT molecular complexity index is 1060. The molecule has 1 unspecified atom stereocenters. The number of nitro groups is 1. The lowest BCUT2D eigenvalue weighted by Gasteiger charge is -2.31. The van der Waals surface area contributed by atoms with Crippen LogP contribution in [-0.2, 0) is 21.5 Å². The van der Waals surface area contributed by atoms with Crippen molar-refractivity contribution in [2.45, 2.75) is 51.7 Å². The highest BCUT2D eigenvalue weighted by Crippen LogP contribution is 2.33. The number of esters is 1. The Balaban J connectivity index is 1.59. The molecule has 0 saturated carbocycles. The Labute approximate surface area is 210 Å². The molecule has 11 heteroatoms. The normalized spacial score (nSPS) is 16.4. The number of nitro benzene ring substituents is 1. The topological polar surface area (TPSA) is 130 Å². The molecule has 1 aliphatic rings. The zero-order valence-corrected chi connectivity index (χ0v) is 21.2. The van der Waals surface area contributed by atoms with E-state index in [1.807, 2.05) is 20.8 Å². The zero-order chi connectivity index (χ0) is 26.5. The van der Waals surface area contributed by atoms with Gasteiger partial charge in [0.2, 0.25) is 5.82 Å². The largest absolute Gasteiger partial charge is 0.466 e. The minimum absolute atomic E-state index is 0.0315. The fourth-order valence-electron chi connectivity index (χ4n) is 4.68. The monoisotopic (exact) mass is 508 g/mol. The number of piperidine rings is 1. The van der Waals surface area contributed by atoms with E-state index < -0.39 is 27.9 Å². The van der Waals surface area contributed by atoms with E-state index in [2.05, 4.69) is 10.2 Å². The zero-order valence-electron chi connectivity index (χ0n) is 21.2. The Hall–Kier alpha value is -2.60.